The number of ether oxygens (including phenoxy) is 1. The van der Waals surface area contributed by atoms with Crippen molar-refractivity contribution in [3.63, 3.8) is 0 Å². The molecular formula is C13H19N3O4S. The van der Waals surface area contributed by atoms with Crippen molar-refractivity contribution in [1.82, 2.24) is 5.32 Å². The minimum atomic E-state index is -3.62. The highest BCUT2D eigenvalue weighted by Gasteiger charge is 2.25. The highest BCUT2D eigenvalue weighted by molar-refractivity contribution is 7.90. The van der Waals surface area contributed by atoms with Gasteiger partial charge in [0.25, 0.3) is 10.0 Å². The third-order valence-corrected chi connectivity index (χ3v) is 4.32. The number of nitrogens with one attached hydrogen (secondary N) is 1. The van der Waals surface area contributed by atoms with E-state index in [4.69, 9.17) is 4.74 Å². The molecule has 0 saturated heterocycles. The second kappa shape index (κ2) is 6.99. The summed E-state index contributed by atoms with van der Waals surface area (Å²) in [5.74, 6) is 0. The van der Waals surface area contributed by atoms with E-state index in [1.807, 2.05) is 0 Å². The molecule has 1 heterocycles. The van der Waals surface area contributed by atoms with Crippen LogP contribution in [0.2, 0.25) is 0 Å². The zero-order chi connectivity index (χ0) is 15.3. The van der Waals surface area contributed by atoms with Crippen molar-refractivity contribution in [3.05, 3.63) is 24.3 Å². The Hall–Kier alpha value is -1.48. The molecular weight excluding hydrogens is 294 g/mol. The van der Waals surface area contributed by atoms with E-state index in [9.17, 15) is 13.5 Å². The summed E-state index contributed by atoms with van der Waals surface area (Å²) in [4.78, 5) is 1.80. The molecule has 2 N–H and O–H groups in total. The van der Waals surface area contributed by atoms with Crippen molar-refractivity contribution >= 4 is 22.0 Å². The van der Waals surface area contributed by atoms with Gasteiger partial charge in [0.2, 0.25) is 0 Å². The number of aliphatic hydroxyl groups is 1. The number of anilines is 1. The van der Waals surface area contributed by atoms with Crippen LogP contribution in [0, 0.1) is 0 Å². The van der Waals surface area contributed by atoms with Gasteiger partial charge in [-0.1, -0.05) is 12.1 Å². The van der Waals surface area contributed by atoms with Gasteiger partial charge in [0.1, 0.15) is 11.2 Å². The lowest BCUT2D eigenvalue weighted by Gasteiger charge is -2.27. The quantitative estimate of drug-likeness (QED) is 0.679. The summed E-state index contributed by atoms with van der Waals surface area (Å²) in [6.07, 6.45) is 0.595. The zero-order valence-corrected chi connectivity index (χ0v) is 12.6. The first-order chi connectivity index (χ1) is 10.0. The molecule has 1 aromatic carbocycles. The average Bonchev–Trinajstić information content (AvgIpc) is 2.47. The van der Waals surface area contributed by atoms with Crippen LogP contribution in [0.4, 0.5) is 5.69 Å². The Bertz CT molecular complexity index is 603. The highest BCUT2D eigenvalue weighted by atomic mass is 32.2. The first kappa shape index (κ1) is 15.9. The number of rotatable bonds is 7. The predicted molar refractivity (Wildman–Crippen MR) is 80.2 cm³/mol. The van der Waals surface area contributed by atoms with Crippen LogP contribution in [0.15, 0.2) is 33.6 Å². The van der Waals surface area contributed by atoms with Crippen LogP contribution in [-0.2, 0) is 14.8 Å². The lowest BCUT2D eigenvalue weighted by atomic mass is 10.2. The maximum atomic E-state index is 11.8. The smallest absolute Gasteiger partial charge is 0.285 e. The van der Waals surface area contributed by atoms with E-state index in [0.29, 0.717) is 25.4 Å². The lowest BCUT2D eigenvalue weighted by Crippen LogP contribution is -2.40. The first-order valence-electron chi connectivity index (χ1n) is 6.58. The molecule has 0 saturated carbocycles. The molecule has 0 amide bonds. The van der Waals surface area contributed by atoms with Gasteiger partial charge in [-0.25, -0.2) is 0 Å². The molecule has 0 fully saturated rings. The number of nitrogens with zero attached hydrogens (tertiary/aromatic N) is 2. The van der Waals surface area contributed by atoms with E-state index in [1.54, 1.807) is 30.2 Å². The topological polar surface area (TPSA) is 91.2 Å². The summed E-state index contributed by atoms with van der Waals surface area (Å²) in [5, 5.41) is 13.1. The average molecular weight is 313 g/mol. The maximum Gasteiger partial charge on any atom is 0.285 e. The molecule has 0 aliphatic carbocycles. The molecule has 1 aliphatic heterocycles. The van der Waals surface area contributed by atoms with Crippen molar-refractivity contribution < 1.29 is 18.3 Å². The fraction of sp³-hybridized carbons (Fsp3) is 0.462. The molecule has 7 nitrogen and oxygen atoms in total. The molecule has 1 unspecified atom stereocenters. The van der Waals surface area contributed by atoms with Crippen LogP contribution in [0.5, 0.6) is 0 Å². The molecule has 8 heteroatoms. The summed E-state index contributed by atoms with van der Waals surface area (Å²) in [6.45, 7) is 1.87. The minimum absolute atomic E-state index is 0.159. The van der Waals surface area contributed by atoms with Crippen molar-refractivity contribution in [3.8, 4) is 0 Å². The molecule has 1 aliphatic rings. The molecule has 0 spiro atoms. The molecule has 116 valence electrons. The number of fused-ring (bicyclic) bond motifs is 1. The van der Waals surface area contributed by atoms with Crippen molar-refractivity contribution in [2.24, 2.45) is 4.40 Å². The number of hydrogen-bond acceptors (Lipinski definition) is 6. The van der Waals surface area contributed by atoms with Crippen LogP contribution >= 0.6 is 0 Å². The number of hydrogen-bond donors (Lipinski definition) is 2. The highest BCUT2D eigenvalue weighted by Crippen LogP contribution is 2.29. The van der Waals surface area contributed by atoms with E-state index in [2.05, 4.69) is 9.71 Å². The SMILES string of the molecule is COCCNCC(O)CN1C=NS(=O)(=O)c2ccccc21. The van der Waals surface area contributed by atoms with Gasteiger partial charge in [0.15, 0.2) is 0 Å². The number of aliphatic hydroxyl groups excluding tert-OH is 1. The van der Waals surface area contributed by atoms with E-state index in [0.717, 1.165) is 0 Å². The molecule has 21 heavy (non-hydrogen) atoms. The molecule has 1 aromatic rings. The summed E-state index contributed by atoms with van der Waals surface area (Å²) in [6, 6.07) is 6.61. The van der Waals surface area contributed by atoms with Gasteiger partial charge in [-0.2, -0.15) is 8.42 Å². The van der Waals surface area contributed by atoms with E-state index < -0.39 is 16.1 Å². The van der Waals surface area contributed by atoms with Gasteiger partial charge < -0.3 is 20.1 Å². The molecule has 0 bridgehead atoms. The third kappa shape index (κ3) is 4.01. The number of para-hydroxylation sites is 1. The molecule has 0 radical (unpaired) electrons. The third-order valence-electron chi connectivity index (χ3n) is 3.05. The number of methoxy groups -OCH3 is 1. The van der Waals surface area contributed by atoms with Crippen molar-refractivity contribution in [2.75, 3.05) is 38.3 Å². The van der Waals surface area contributed by atoms with E-state index in [1.165, 1.54) is 12.4 Å². The fourth-order valence-electron chi connectivity index (χ4n) is 2.03. The molecule has 1 atom stereocenters. The minimum Gasteiger partial charge on any atom is -0.390 e. The lowest BCUT2D eigenvalue weighted by molar-refractivity contribution is 0.166. The second-order valence-electron chi connectivity index (χ2n) is 4.67. The van der Waals surface area contributed by atoms with Gasteiger partial charge in [-0.15, -0.1) is 4.40 Å². The Morgan fingerprint density at radius 3 is 2.95 bits per heavy atom. The van der Waals surface area contributed by atoms with Crippen LogP contribution in [0.3, 0.4) is 0 Å². The van der Waals surface area contributed by atoms with Gasteiger partial charge in [0, 0.05) is 20.2 Å². The fourth-order valence-corrected chi connectivity index (χ4v) is 3.08. The second-order valence-corrected chi connectivity index (χ2v) is 6.27. The number of benzene rings is 1. The normalized spacial score (nSPS) is 17.5. The van der Waals surface area contributed by atoms with E-state index >= 15 is 0 Å². The van der Waals surface area contributed by atoms with E-state index in [-0.39, 0.29) is 11.4 Å². The Morgan fingerprint density at radius 1 is 1.43 bits per heavy atom. The van der Waals surface area contributed by atoms with Crippen LogP contribution in [-0.4, -0.2) is 59.3 Å². The summed E-state index contributed by atoms with van der Waals surface area (Å²) >= 11 is 0. The zero-order valence-electron chi connectivity index (χ0n) is 11.8. The monoisotopic (exact) mass is 313 g/mol. The summed E-state index contributed by atoms with van der Waals surface area (Å²) < 4.78 is 32.1. The van der Waals surface area contributed by atoms with Crippen molar-refractivity contribution in [2.45, 2.75) is 11.0 Å². The van der Waals surface area contributed by atoms with Gasteiger partial charge in [-0.3, -0.25) is 0 Å². The van der Waals surface area contributed by atoms with Gasteiger partial charge >= 0.3 is 0 Å². The van der Waals surface area contributed by atoms with Crippen LogP contribution < -0.4 is 10.2 Å². The number of sulfonamides is 1. The largest absolute Gasteiger partial charge is 0.390 e. The Labute approximate surface area is 124 Å². The summed E-state index contributed by atoms with van der Waals surface area (Å²) in [7, 11) is -2.01. The van der Waals surface area contributed by atoms with Gasteiger partial charge in [-0.05, 0) is 12.1 Å². The van der Waals surface area contributed by atoms with Crippen molar-refractivity contribution in [1.29, 1.82) is 0 Å². The standard InChI is InChI=1S/C13H19N3O4S/c1-20-7-6-14-8-11(17)9-16-10-15-21(18,19)13-5-3-2-4-12(13)16/h2-5,10-11,14,17H,6-9H2,1H3. The summed E-state index contributed by atoms with van der Waals surface area (Å²) in [5.41, 5.74) is 0.531. The first-order valence-corrected chi connectivity index (χ1v) is 8.02. The Kier molecular flexibility index (Phi) is 5.29. The molecule has 2 rings (SSSR count). The Morgan fingerprint density at radius 2 is 2.19 bits per heavy atom. The number of β-amino-alcohol motifs (C(OH)–C–C–N with tert-alkyl or cyclic N) is 1. The molecule has 0 aromatic heterocycles. The van der Waals surface area contributed by atoms with Crippen LogP contribution in [0.25, 0.3) is 0 Å². The predicted octanol–water partition coefficient (Wildman–Crippen LogP) is -0.179. The van der Waals surface area contributed by atoms with Gasteiger partial charge in [0.05, 0.1) is 24.9 Å². The maximum absolute atomic E-state index is 11.8. The Balaban J connectivity index is 2.02. The van der Waals surface area contributed by atoms with Crippen LogP contribution in [0.1, 0.15) is 0 Å².